The summed E-state index contributed by atoms with van der Waals surface area (Å²) in [6.07, 6.45) is 0.695. The third kappa shape index (κ3) is 4.50. The number of ether oxygens (including phenoxy) is 4. The Kier molecular flexibility index (Phi) is 7.12. The van der Waals surface area contributed by atoms with Gasteiger partial charge < -0.3 is 29.0 Å². The molecule has 8 nitrogen and oxygen atoms in total. The number of fused-ring (bicyclic) bond motifs is 3. The van der Waals surface area contributed by atoms with Crippen LogP contribution in [0.5, 0.6) is 17.2 Å². The molecular weight excluding hydrogens is 426 g/mol. The van der Waals surface area contributed by atoms with Crippen LogP contribution in [0.25, 0.3) is 11.3 Å². The van der Waals surface area contributed by atoms with Gasteiger partial charge in [-0.2, -0.15) is 0 Å². The predicted octanol–water partition coefficient (Wildman–Crippen LogP) is 3.73. The van der Waals surface area contributed by atoms with E-state index in [0.717, 1.165) is 7.11 Å². The second-order valence-electron chi connectivity index (χ2n) is 7.59. The Morgan fingerprint density at radius 2 is 2.06 bits per heavy atom. The van der Waals surface area contributed by atoms with E-state index in [1.165, 1.54) is 0 Å². The first-order valence-corrected chi connectivity index (χ1v) is 10.3. The van der Waals surface area contributed by atoms with E-state index in [2.05, 4.69) is 9.72 Å². The molecule has 0 amide bonds. The number of benzene rings is 1. The van der Waals surface area contributed by atoms with Crippen molar-refractivity contribution < 1.29 is 28.8 Å². The molecule has 0 spiro atoms. The van der Waals surface area contributed by atoms with Gasteiger partial charge >= 0.3 is 5.97 Å². The zero-order valence-electron chi connectivity index (χ0n) is 17.9. The molecule has 0 unspecified atom stereocenters. The maximum Gasteiger partial charge on any atom is 0.347 e. The molecule has 1 aromatic heterocycles. The Balaban J connectivity index is 2.16. The first-order chi connectivity index (χ1) is 14.8. The molecule has 0 saturated heterocycles. The van der Waals surface area contributed by atoms with Crippen LogP contribution < -0.4 is 15.0 Å². The average Bonchev–Trinajstić information content (AvgIpc) is 2.88. The van der Waals surface area contributed by atoms with Gasteiger partial charge in [-0.1, -0.05) is 25.4 Å². The highest BCUT2D eigenvalue weighted by molar-refractivity contribution is 6.32. The number of pyridine rings is 1. The molecule has 0 radical (unpaired) electrons. The van der Waals surface area contributed by atoms with Gasteiger partial charge in [-0.3, -0.25) is 4.79 Å². The Labute approximate surface area is 185 Å². The Hall–Kier alpha value is -2.71. The number of aromatic amines is 1. The lowest BCUT2D eigenvalue weighted by Crippen LogP contribution is -2.23. The van der Waals surface area contributed by atoms with Crippen LogP contribution in [0.15, 0.2) is 16.9 Å². The molecule has 2 N–H and O–H groups in total. The average molecular weight is 452 g/mol. The van der Waals surface area contributed by atoms with Gasteiger partial charge in [-0.05, 0) is 12.0 Å². The largest absolute Gasteiger partial charge is 0.506 e. The number of hydrogen-bond donors (Lipinski definition) is 2. The molecule has 1 aromatic carbocycles. The van der Waals surface area contributed by atoms with Crippen molar-refractivity contribution in [1.82, 2.24) is 4.98 Å². The fraction of sp³-hybridized carbons (Fsp3) is 0.455. The van der Waals surface area contributed by atoms with Crippen LogP contribution in [0.3, 0.4) is 0 Å². The number of halogens is 1. The van der Waals surface area contributed by atoms with E-state index in [4.69, 9.17) is 25.8 Å². The van der Waals surface area contributed by atoms with Gasteiger partial charge in [-0.25, -0.2) is 4.79 Å². The van der Waals surface area contributed by atoms with E-state index >= 15 is 0 Å². The zero-order chi connectivity index (χ0) is 22.7. The van der Waals surface area contributed by atoms with Crippen LogP contribution in [0.4, 0.5) is 0 Å². The Morgan fingerprint density at radius 3 is 2.71 bits per heavy atom. The highest BCUT2D eigenvalue weighted by atomic mass is 35.5. The number of hydrogen-bond acceptors (Lipinski definition) is 7. The quantitative estimate of drug-likeness (QED) is 0.487. The third-order valence-corrected chi connectivity index (χ3v) is 5.56. The zero-order valence-corrected chi connectivity index (χ0v) is 18.7. The van der Waals surface area contributed by atoms with Crippen molar-refractivity contribution in [2.45, 2.75) is 26.2 Å². The number of esters is 1. The molecule has 0 saturated carbocycles. The van der Waals surface area contributed by atoms with E-state index in [-0.39, 0.29) is 18.4 Å². The number of aromatic hydroxyl groups is 1. The molecular formula is C22H26ClNO7. The van der Waals surface area contributed by atoms with Gasteiger partial charge in [0.1, 0.15) is 17.2 Å². The lowest BCUT2D eigenvalue weighted by Gasteiger charge is -2.22. The summed E-state index contributed by atoms with van der Waals surface area (Å²) in [5.41, 5.74) is 0.0815. The summed E-state index contributed by atoms with van der Waals surface area (Å²) in [4.78, 5) is 27.5. The second-order valence-corrected chi connectivity index (χ2v) is 8.00. The third-order valence-electron chi connectivity index (χ3n) is 5.26. The van der Waals surface area contributed by atoms with Crippen LogP contribution in [0.1, 0.15) is 42.1 Å². The summed E-state index contributed by atoms with van der Waals surface area (Å²) in [6.45, 7) is 5.13. The second kappa shape index (κ2) is 9.62. The van der Waals surface area contributed by atoms with Crippen molar-refractivity contribution in [3.05, 3.63) is 38.6 Å². The highest BCUT2D eigenvalue weighted by Crippen LogP contribution is 2.47. The summed E-state index contributed by atoms with van der Waals surface area (Å²) >= 11 is 6.44. The molecule has 9 heteroatoms. The SMILES string of the molecule is COCCCOc1cc2c(cc1Cl)-c1[nH]c(=O)c(C(=O)OC)c(O)c1[C@H](C(C)C)CO2. The van der Waals surface area contributed by atoms with E-state index in [1.807, 2.05) is 13.8 Å². The van der Waals surface area contributed by atoms with Crippen molar-refractivity contribution in [3.63, 3.8) is 0 Å². The van der Waals surface area contributed by atoms with E-state index in [1.54, 1.807) is 19.2 Å². The molecule has 1 aliphatic rings. The maximum atomic E-state index is 12.6. The van der Waals surface area contributed by atoms with Gasteiger partial charge in [0.25, 0.3) is 5.56 Å². The number of nitrogens with one attached hydrogen (secondary N) is 1. The minimum atomic E-state index is -0.910. The van der Waals surface area contributed by atoms with Crippen LogP contribution in [-0.4, -0.2) is 50.1 Å². The summed E-state index contributed by atoms with van der Waals surface area (Å²) in [5.74, 6) is -0.678. The van der Waals surface area contributed by atoms with Crippen LogP contribution in [-0.2, 0) is 9.47 Å². The number of methoxy groups -OCH3 is 2. The smallest absolute Gasteiger partial charge is 0.347 e. The summed E-state index contributed by atoms with van der Waals surface area (Å²) < 4.78 is 21.5. The molecule has 2 heterocycles. The highest BCUT2D eigenvalue weighted by Gasteiger charge is 2.34. The number of rotatable bonds is 7. The first-order valence-electron chi connectivity index (χ1n) is 9.96. The van der Waals surface area contributed by atoms with Crippen molar-refractivity contribution >= 4 is 17.6 Å². The van der Waals surface area contributed by atoms with Gasteiger partial charge in [0.2, 0.25) is 0 Å². The fourth-order valence-electron chi connectivity index (χ4n) is 3.60. The van der Waals surface area contributed by atoms with E-state index in [9.17, 15) is 14.7 Å². The molecule has 1 atom stereocenters. The molecule has 0 fully saturated rings. The van der Waals surface area contributed by atoms with Gasteiger partial charge in [0.15, 0.2) is 5.56 Å². The number of carbonyl (C=O) groups excluding carboxylic acids is 1. The number of H-pyrrole nitrogens is 1. The lowest BCUT2D eigenvalue weighted by molar-refractivity contribution is 0.0595. The molecule has 0 bridgehead atoms. The molecule has 31 heavy (non-hydrogen) atoms. The minimum absolute atomic E-state index is 0.0376. The Bertz CT molecular complexity index is 1030. The van der Waals surface area contributed by atoms with Crippen LogP contribution in [0, 0.1) is 5.92 Å². The summed E-state index contributed by atoms with van der Waals surface area (Å²) in [5, 5.41) is 11.3. The van der Waals surface area contributed by atoms with E-state index in [0.29, 0.717) is 53.0 Å². The van der Waals surface area contributed by atoms with Crippen LogP contribution >= 0.6 is 11.6 Å². The fourth-order valence-corrected chi connectivity index (χ4v) is 3.82. The van der Waals surface area contributed by atoms with Gasteiger partial charge in [0.05, 0.1) is 31.0 Å². The van der Waals surface area contributed by atoms with Crippen molar-refractivity contribution in [2.24, 2.45) is 5.92 Å². The summed E-state index contributed by atoms with van der Waals surface area (Å²) in [7, 11) is 2.77. The lowest BCUT2D eigenvalue weighted by atomic mass is 9.85. The van der Waals surface area contributed by atoms with Gasteiger partial charge in [-0.15, -0.1) is 0 Å². The normalized spacial score (nSPS) is 15.0. The molecule has 1 aliphatic heterocycles. The van der Waals surface area contributed by atoms with Crippen molar-refractivity contribution in [2.75, 3.05) is 34.0 Å². The number of carbonyl (C=O) groups is 1. The van der Waals surface area contributed by atoms with Gasteiger partial charge in [0, 0.05) is 43.2 Å². The molecule has 168 valence electrons. The van der Waals surface area contributed by atoms with Crippen molar-refractivity contribution in [3.8, 4) is 28.5 Å². The molecule has 0 aliphatic carbocycles. The summed E-state index contributed by atoms with van der Waals surface area (Å²) in [6, 6.07) is 3.29. The van der Waals surface area contributed by atoms with Crippen molar-refractivity contribution in [1.29, 1.82) is 0 Å². The number of aromatic nitrogens is 1. The molecule has 3 rings (SSSR count). The minimum Gasteiger partial charge on any atom is -0.506 e. The maximum absolute atomic E-state index is 12.6. The molecule has 2 aromatic rings. The first kappa shape index (κ1) is 23.0. The van der Waals surface area contributed by atoms with E-state index < -0.39 is 22.8 Å². The monoisotopic (exact) mass is 451 g/mol. The Morgan fingerprint density at radius 1 is 1.32 bits per heavy atom. The topological polar surface area (TPSA) is 107 Å². The van der Waals surface area contributed by atoms with Crippen LogP contribution in [0.2, 0.25) is 5.02 Å². The standard InChI is InChI=1S/C22H26ClNO7/c1-11(2)13-10-31-15-9-16(30-7-5-6-28-3)14(23)8-12(15)19-17(13)20(25)18(21(26)24-19)22(27)29-4/h8-9,11,13H,5-7,10H2,1-4H3,(H2,24,25,26)/t13-/m0/s1. The predicted molar refractivity (Wildman–Crippen MR) is 116 cm³/mol.